The molecule has 2 heterocycles. The lowest BCUT2D eigenvalue weighted by Crippen LogP contribution is -1.99. The minimum Gasteiger partial charge on any atom is -0.324 e. The minimum atomic E-state index is -0.212. The number of hydrogen-bond donors (Lipinski definition) is 3. The molecule has 0 saturated carbocycles. The molecule has 4 rings (SSSR count). The number of anilines is 2. The normalized spacial score (nSPS) is 10.8. The van der Waals surface area contributed by atoms with Gasteiger partial charge in [-0.3, -0.25) is 0 Å². The second kappa shape index (κ2) is 5.42. The fourth-order valence-corrected chi connectivity index (χ4v) is 2.40. The maximum absolute atomic E-state index is 11.3. The molecule has 3 N–H and O–H groups in total. The summed E-state index contributed by atoms with van der Waals surface area (Å²) in [5, 5.41) is 3.14. The molecule has 0 atom stereocenters. The van der Waals surface area contributed by atoms with Crippen LogP contribution in [-0.2, 0) is 0 Å². The molecule has 0 spiro atoms. The molecule has 2 aromatic heterocycles. The van der Waals surface area contributed by atoms with E-state index in [2.05, 4.69) is 25.3 Å². The number of imidazole rings is 1. The Bertz CT molecular complexity index is 1000. The molecule has 0 saturated heterocycles. The molecule has 112 valence electrons. The summed E-state index contributed by atoms with van der Waals surface area (Å²) in [4.78, 5) is 25.4. The van der Waals surface area contributed by atoms with Crippen LogP contribution in [0.25, 0.3) is 22.2 Å². The van der Waals surface area contributed by atoms with E-state index >= 15 is 0 Å². The third-order valence-electron chi connectivity index (χ3n) is 3.53. The highest BCUT2D eigenvalue weighted by Crippen LogP contribution is 2.22. The van der Waals surface area contributed by atoms with Gasteiger partial charge in [0.2, 0.25) is 5.95 Å². The first-order chi connectivity index (χ1) is 11.3. The van der Waals surface area contributed by atoms with E-state index in [9.17, 15) is 4.79 Å². The van der Waals surface area contributed by atoms with E-state index in [-0.39, 0.29) is 5.69 Å². The van der Waals surface area contributed by atoms with Crippen molar-refractivity contribution in [1.29, 1.82) is 0 Å². The smallest absolute Gasteiger partial charge is 0.323 e. The molecule has 0 amide bonds. The Hall–Kier alpha value is -3.41. The van der Waals surface area contributed by atoms with Crippen molar-refractivity contribution in [2.75, 3.05) is 5.32 Å². The van der Waals surface area contributed by atoms with Gasteiger partial charge >= 0.3 is 5.69 Å². The Balaban J connectivity index is 1.62. The summed E-state index contributed by atoms with van der Waals surface area (Å²) in [5.41, 5.74) is 4.09. The lowest BCUT2D eigenvalue weighted by Gasteiger charge is -2.05. The van der Waals surface area contributed by atoms with Crippen LogP contribution in [0.5, 0.6) is 0 Å². The van der Waals surface area contributed by atoms with Crippen LogP contribution >= 0.6 is 0 Å². The van der Waals surface area contributed by atoms with Crippen LogP contribution in [-0.4, -0.2) is 19.9 Å². The highest BCUT2D eigenvalue weighted by atomic mass is 16.1. The molecular formula is C17H13N5O. The first-order valence-electron chi connectivity index (χ1n) is 7.14. The number of para-hydroxylation sites is 1. The minimum absolute atomic E-state index is 0.212. The Morgan fingerprint density at radius 3 is 2.35 bits per heavy atom. The van der Waals surface area contributed by atoms with E-state index in [1.807, 2.05) is 48.5 Å². The second-order valence-electron chi connectivity index (χ2n) is 5.13. The summed E-state index contributed by atoms with van der Waals surface area (Å²) in [5.74, 6) is 0.538. The van der Waals surface area contributed by atoms with Gasteiger partial charge in [-0.2, -0.15) is 0 Å². The molecule has 6 nitrogen and oxygen atoms in total. The van der Waals surface area contributed by atoms with Crippen LogP contribution in [0.15, 0.2) is 65.7 Å². The van der Waals surface area contributed by atoms with Crippen molar-refractivity contribution in [3.8, 4) is 11.1 Å². The first-order valence-corrected chi connectivity index (χ1v) is 7.14. The zero-order chi connectivity index (χ0) is 15.6. The maximum atomic E-state index is 11.3. The highest BCUT2D eigenvalue weighted by Gasteiger charge is 2.04. The van der Waals surface area contributed by atoms with Gasteiger partial charge in [0.15, 0.2) is 0 Å². The van der Waals surface area contributed by atoms with E-state index < -0.39 is 0 Å². The Morgan fingerprint density at radius 2 is 1.57 bits per heavy atom. The standard InChI is InChI=1S/C17H13N5O/c23-17-21-14-7-6-11(8-15(14)22-17)12-9-18-16(19-10-12)20-13-4-2-1-3-5-13/h1-10H,(H,18,19,20)(H2,21,22,23). The number of nitrogens with zero attached hydrogens (tertiary/aromatic N) is 2. The van der Waals surface area contributed by atoms with Crippen LogP contribution < -0.4 is 11.0 Å². The Morgan fingerprint density at radius 1 is 0.826 bits per heavy atom. The highest BCUT2D eigenvalue weighted by molar-refractivity contribution is 5.81. The molecule has 0 fully saturated rings. The molecule has 0 aliphatic heterocycles. The van der Waals surface area contributed by atoms with Crippen LogP contribution in [0.2, 0.25) is 0 Å². The van der Waals surface area contributed by atoms with Crippen LogP contribution in [0.4, 0.5) is 11.6 Å². The number of nitrogens with one attached hydrogen (secondary N) is 3. The van der Waals surface area contributed by atoms with Crippen molar-refractivity contribution < 1.29 is 0 Å². The van der Waals surface area contributed by atoms with Gasteiger partial charge in [-0.25, -0.2) is 14.8 Å². The summed E-state index contributed by atoms with van der Waals surface area (Å²) in [7, 11) is 0. The number of rotatable bonds is 3. The topological polar surface area (TPSA) is 86.5 Å². The summed E-state index contributed by atoms with van der Waals surface area (Å²) in [6, 6.07) is 15.4. The van der Waals surface area contributed by atoms with Gasteiger partial charge < -0.3 is 15.3 Å². The Kier molecular flexibility index (Phi) is 3.12. The summed E-state index contributed by atoms with van der Waals surface area (Å²) in [6.45, 7) is 0. The lowest BCUT2D eigenvalue weighted by atomic mass is 10.1. The van der Waals surface area contributed by atoms with Crippen molar-refractivity contribution in [1.82, 2.24) is 19.9 Å². The van der Waals surface area contributed by atoms with Crippen LogP contribution in [0.3, 0.4) is 0 Å². The number of fused-ring (bicyclic) bond motifs is 1. The van der Waals surface area contributed by atoms with E-state index in [0.717, 1.165) is 27.8 Å². The second-order valence-corrected chi connectivity index (χ2v) is 5.13. The van der Waals surface area contributed by atoms with Gasteiger partial charge in [0, 0.05) is 23.6 Å². The molecule has 0 aliphatic carbocycles. The number of aromatic nitrogens is 4. The van der Waals surface area contributed by atoms with Gasteiger partial charge in [-0.1, -0.05) is 24.3 Å². The van der Waals surface area contributed by atoms with Gasteiger partial charge in [0.05, 0.1) is 11.0 Å². The third kappa shape index (κ3) is 2.69. The lowest BCUT2D eigenvalue weighted by molar-refractivity contribution is 1.17. The molecule has 23 heavy (non-hydrogen) atoms. The van der Waals surface area contributed by atoms with Crippen molar-refractivity contribution >= 4 is 22.7 Å². The molecule has 0 radical (unpaired) electrons. The van der Waals surface area contributed by atoms with E-state index in [1.54, 1.807) is 12.4 Å². The third-order valence-corrected chi connectivity index (χ3v) is 3.53. The van der Waals surface area contributed by atoms with Gasteiger partial charge in [0.1, 0.15) is 0 Å². The number of aromatic amines is 2. The SMILES string of the molecule is O=c1[nH]c2ccc(-c3cnc(Nc4ccccc4)nc3)cc2[nH]1. The quantitative estimate of drug-likeness (QED) is 0.543. The van der Waals surface area contributed by atoms with E-state index in [4.69, 9.17) is 0 Å². The number of benzene rings is 2. The van der Waals surface area contributed by atoms with Crippen LogP contribution in [0.1, 0.15) is 0 Å². The van der Waals surface area contributed by atoms with Crippen LogP contribution in [0, 0.1) is 0 Å². The van der Waals surface area contributed by atoms with E-state index in [0.29, 0.717) is 5.95 Å². The summed E-state index contributed by atoms with van der Waals surface area (Å²) in [6.07, 6.45) is 3.51. The zero-order valence-electron chi connectivity index (χ0n) is 12.1. The summed E-state index contributed by atoms with van der Waals surface area (Å²) < 4.78 is 0. The average Bonchev–Trinajstić information content (AvgIpc) is 2.95. The maximum Gasteiger partial charge on any atom is 0.323 e. The zero-order valence-corrected chi connectivity index (χ0v) is 12.1. The van der Waals surface area contributed by atoms with Gasteiger partial charge in [-0.05, 0) is 29.8 Å². The van der Waals surface area contributed by atoms with Crippen molar-refractivity contribution in [2.24, 2.45) is 0 Å². The largest absolute Gasteiger partial charge is 0.324 e. The number of hydrogen-bond acceptors (Lipinski definition) is 4. The summed E-state index contributed by atoms with van der Waals surface area (Å²) >= 11 is 0. The molecule has 2 aromatic carbocycles. The Labute approximate surface area is 131 Å². The molecular weight excluding hydrogens is 290 g/mol. The first kappa shape index (κ1) is 13.3. The predicted molar refractivity (Wildman–Crippen MR) is 89.7 cm³/mol. The molecule has 6 heteroatoms. The fraction of sp³-hybridized carbons (Fsp3) is 0. The molecule has 4 aromatic rings. The van der Waals surface area contributed by atoms with Gasteiger partial charge in [0.25, 0.3) is 0 Å². The fourth-order valence-electron chi connectivity index (χ4n) is 2.40. The van der Waals surface area contributed by atoms with Gasteiger partial charge in [-0.15, -0.1) is 0 Å². The van der Waals surface area contributed by atoms with Crippen molar-refractivity contribution in [2.45, 2.75) is 0 Å². The monoisotopic (exact) mass is 303 g/mol. The average molecular weight is 303 g/mol. The van der Waals surface area contributed by atoms with E-state index in [1.165, 1.54) is 0 Å². The molecule has 0 aliphatic rings. The predicted octanol–water partition coefficient (Wildman–Crippen LogP) is 3.06. The van der Waals surface area contributed by atoms with Crippen molar-refractivity contribution in [3.63, 3.8) is 0 Å². The molecule has 0 unspecified atom stereocenters. The van der Waals surface area contributed by atoms with Crippen molar-refractivity contribution in [3.05, 3.63) is 71.4 Å². The molecule has 0 bridgehead atoms. The number of H-pyrrole nitrogens is 2.